The van der Waals surface area contributed by atoms with E-state index in [1.54, 1.807) is 21.0 Å². The third-order valence-corrected chi connectivity index (χ3v) is 6.51. The van der Waals surface area contributed by atoms with E-state index in [2.05, 4.69) is 5.32 Å². The molecule has 0 aliphatic carbocycles. The van der Waals surface area contributed by atoms with Crippen molar-refractivity contribution in [3.63, 3.8) is 0 Å². The first-order valence-corrected chi connectivity index (χ1v) is 11.3. The Morgan fingerprint density at radius 1 is 1.29 bits per heavy atom. The Morgan fingerprint density at radius 3 is 2.58 bits per heavy atom. The fraction of sp³-hybridized carbons (Fsp3) is 0.333. The molecule has 0 saturated carbocycles. The van der Waals surface area contributed by atoms with Gasteiger partial charge < -0.3 is 15.0 Å². The van der Waals surface area contributed by atoms with Crippen LogP contribution in [-0.4, -0.2) is 52.5 Å². The first-order chi connectivity index (χ1) is 14.5. The van der Waals surface area contributed by atoms with Gasteiger partial charge in [-0.15, -0.1) is 11.3 Å². The van der Waals surface area contributed by atoms with Crippen LogP contribution in [0.3, 0.4) is 0 Å². The molecule has 2 N–H and O–H groups in total. The summed E-state index contributed by atoms with van der Waals surface area (Å²) in [6.45, 7) is 0.471. The summed E-state index contributed by atoms with van der Waals surface area (Å²) < 4.78 is 31.5. The Kier molecular flexibility index (Phi) is 8.08. The molecule has 1 heterocycles. The van der Waals surface area contributed by atoms with Crippen molar-refractivity contribution >= 4 is 44.6 Å². The maximum atomic E-state index is 12.4. The van der Waals surface area contributed by atoms with Gasteiger partial charge >= 0.3 is 5.97 Å². The van der Waals surface area contributed by atoms with Crippen LogP contribution in [0.15, 0.2) is 40.6 Å². The van der Waals surface area contributed by atoms with Crippen LogP contribution in [0.25, 0.3) is 0 Å². The SMILES string of the molecule is CC(NC(=O)COC(=O)CNS(=O)(=O)c1ccc(N(C)C)c([N+](=O)[O-])c1)c1cccs1. The lowest BCUT2D eigenvalue weighted by atomic mass is 10.2. The van der Waals surface area contributed by atoms with Crippen molar-refractivity contribution in [2.45, 2.75) is 17.9 Å². The van der Waals surface area contributed by atoms with Gasteiger partial charge in [-0.2, -0.15) is 4.72 Å². The minimum atomic E-state index is -4.21. The summed E-state index contributed by atoms with van der Waals surface area (Å²) >= 11 is 1.47. The first kappa shape index (κ1) is 24.2. The third-order valence-electron chi connectivity index (χ3n) is 4.05. The molecule has 13 heteroatoms. The van der Waals surface area contributed by atoms with Gasteiger partial charge in [0, 0.05) is 25.0 Å². The van der Waals surface area contributed by atoms with Gasteiger partial charge in [-0.3, -0.25) is 19.7 Å². The van der Waals surface area contributed by atoms with E-state index in [9.17, 15) is 28.1 Å². The van der Waals surface area contributed by atoms with Crippen molar-refractivity contribution in [3.8, 4) is 0 Å². The van der Waals surface area contributed by atoms with Crippen LogP contribution in [-0.2, 0) is 24.3 Å². The molecule has 31 heavy (non-hydrogen) atoms. The van der Waals surface area contributed by atoms with E-state index in [-0.39, 0.29) is 16.6 Å². The van der Waals surface area contributed by atoms with Gasteiger partial charge in [0.05, 0.1) is 15.9 Å². The average molecular weight is 471 g/mol. The van der Waals surface area contributed by atoms with Gasteiger partial charge in [0.25, 0.3) is 11.6 Å². The van der Waals surface area contributed by atoms with Crippen molar-refractivity contribution in [2.24, 2.45) is 0 Å². The van der Waals surface area contributed by atoms with Gasteiger partial charge in [-0.05, 0) is 30.5 Å². The fourth-order valence-corrected chi connectivity index (χ4v) is 4.24. The number of ether oxygens (including phenoxy) is 1. The molecule has 0 saturated heterocycles. The van der Waals surface area contributed by atoms with Crippen LogP contribution in [0.4, 0.5) is 11.4 Å². The van der Waals surface area contributed by atoms with Crippen LogP contribution in [0.1, 0.15) is 17.8 Å². The van der Waals surface area contributed by atoms with Crippen LogP contribution in [0, 0.1) is 10.1 Å². The van der Waals surface area contributed by atoms with Crippen molar-refractivity contribution in [1.29, 1.82) is 0 Å². The molecule has 0 aliphatic rings. The number of sulfonamides is 1. The molecule has 1 amide bonds. The maximum Gasteiger partial charge on any atom is 0.321 e. The Balaban J connectivity index is 1.91. The Bertz CT molecular complexity index is 1050. The van der Waals surface area contributed by atoms with Crippen molar-refractivity contribution < 1.29 is 27.7 Å². The fourth-order valence-electron chi connectivity index (χ4n) is 2.52. The van der Waals surface area contributed by atoms with Crippen LogP contribution >= 0.6 is 11.3 Å². The number of carbonyl (C=O) groups excluding carboxylic acids is 2. The van der Waals surface area contributed by atoms with E-state index in [4.69, 9.17) is 4.74 Å². The second-order valence-corrected chi connectivity index (χ2v) is 9.34. The number of hydrogen-bond acceptors (Lipinski definition) is 9. The van der Waals surface area contributed by atoms with E-state index in [0.29, 0.717) is 0 Å². The second kappa shape index (κ2) is 10.3. The highest BCUT2D eigenvalue weighted by molar-refractivity contribution is 7.89. The van der Waals surface area contributed by atoms with Gasteiger partial charge in [0.15, 0.2) is 6.61 Å². The van der Waals surface area contributed by atoms with Gasteiger partial charge in [-0.25, -0.2) is 8.42 Å². The standard InChI is InChI=1S/C18H22N4O7S2/c1-12(16-5-4-8-30-16)20-17(23)11-29-18(24)10-19-31(27,28)13-6-7-14(21(2)3)15(9-13)22(25)26/h4-9,12,19H,10-11H2,1-3H3,(H,20,23). The highest BCUT2D eigenvalue weighted by Gasteiger charge is 2.23. The zero-order chi connectivity index (χ0) is 23.2. The second-order valence-electron chi connectivity index (χ2n) is 6.59. The van der Waals surface area contributed by atoms with E-state index >= 15 is 0 Å². The number of thiophene rings is 1. The quantitative estimate of drug-likeness (QED) is 0.301. The molecule has 2 aromatic rings. The summed E-state index contributed by atoms with van der Waals surface area (Å²) in [5, 5.41) is 15.7. The normalized spacial score (nSPS) is 12.1. The maximum absolute atomic E-state index is 12.4. The Hall–Kier alpha value is -3.03. The summed E-state index contributed by atoms with van der Waals surface area (Å²) in [4.78, 5) is 36.3. The van der Waals surface area contributed by atoms with Crippen molar-refractivity contribution in [3.05, 3.63) is 50.7 Å². The van der Waals surface area contributed by atoms with Crippen molar-refractivity contribution in [2.75, 3.05) is 32.1 Å². The van der Waals surface area contributed by atoms with E-state index in [0.717, 1.165) is 10.9 Å². The highest BCUT2D eigenvalue weighted by atomic mass is 32.2. The lowest BCUT2D eigenvalue weighted by Crippen LogP contribution is -2.34. The van der Waals surface area contributed by atoms with Crippen LogP contribution < -0.4 is 14.9 Å². The summed E-state index contributed by atoms with van der Waals surface area (Å²) in [7, 11) is -1.04. The molecule has 1 atom stereocenters. The number of nitro benzene ring substituents is 1. The molecule has 1 aromatic carbocycles. The highest BCUT2D eigenvalue weighted by Crippen LogP contribution is 2.29. The molecule has 0 bridgehead atoms. The number of rotatable bonds is 10. The van der Waals surface area contributed by atoms with Gasteiger partial charge in [0.1, 0.15) is 12.2 Å². The smallest absolute Gasteiger partial charge is 0.321 e. The predicted molar refractivity (Wildman–Crippen MR) is 114 cm³/mol. The molecule has 2 rings (SSSR count). The summed E-state index contributed by atoms with van der Waals surface area (Å²) in [5.41, 5.74) is -0.168. The molecule has 0 spiro atoms. The zero-order valence-electron chi connectivity index (χ0n) is 17.0. The lowest BCUT2D eigenvalue weighted by molar-refractivity contribution is -0.384. The molecule has 1 aromatic heterocycles. The van der Waals surface area contributed by atoms with Crippen LogP contribution in [0.5, 0.6) is 0 Å². The molecular weight excluding hydrogens is 448 g/mol. The molecule has 0 radical (unpaired) electrons. The van der Waals surface area contributed by atoms with Crippen LogP contribution in [0.2, 0.25) is 0 Å². The summed E-state index contributed by atoms with van der Waals surface area (Å²) in [6.07, 6.45) is 0. The number of anilines is 1. The average Bonchev–Trinajstić information content (AvgIpc) is 3.25. The molecule has 0 aliphatic heterocycles. The monoisotopic (exact) mass is 470 g/mol. The number of carbonyl (C=O) groups is 2. The molecule has 1 unspecified atom stereocenters. The van der Waals surface area contributed by atoms with Gasteiger partial charge in [-0.1, -0.05) is 6.07 Å². The number of esters is 1. The molecular formula is C18H22N4O7S2. The van der Waals surface area contributed by atoms with E-state index < -0.39 is 45.7 Å². The summed E-state index contributed by atoms with van der Waals surface area (Å²) in [6, 6.07) is 6.83. The first-order valence-electron chi connectivity index (χ1n) is 8.95. The Morgan fingerprint density at radius 2 is 2.00 bits per heavy atom. The summed E-state index contributed by atoms with van der Waals surface area (Å²) in [5.74, 6) is -1.51. The number of nitrogens with one attached hydrogen (secondary N) is 2. The van der Waals surface area contributed by atoms with Crippen molar-refractivity contribution in [1.82, 2.24) is 10.0 Å². The van der Waals surface area contributed by atoms with E-state index in [1.807, 2.05) is 22.2 Å². The number of nitrogens with zero attached hydrogens (tertiary/aromatic N) is 2. The lowest BCUT2D eigenvalue weighted by Gasteiger charge is -2.14. The number of amides is 1. The third kappa shape index (κ3) is 6.73. The number of nitro groups is 1. The molecule has 0 fully saturated rings. The largest absolute Gasteiger partial charge is 0.455 e. The minimum absolute atomic E-state index is 0.228. The number of benzene rings is 1. The molecule has 11 nitrogen and oxygen atoms in total. The van der Waals surface area contributed by atoms with E-state index in [1.165, 1.54) is 28.4 Å². The zero-order valence-corrected chi connectivity index (χ0v) is 18.7. The Labute approximate surface area is 183 Å². The predicted octanol–water partition coefficient (Wildman–Crippen LogP) is 1.42. The molecule has 168 valence electrons. The topological polar surface area (TPSA) is 148 Å². The van der Waals surface area contributed by atoms with Gasteiger partial charge in [0.2, 0.25) is 10.0 Å². The number of hydrogen-bond donors (Lipinski definition) is 2. The minimum Gasteiger partial charge on any atom is -0.455 e.